The lowest BCUT2D eigenvalue weighted by Crippen LogP contribution is -2.25. The predicted molar refractivity (Wildman–Crippen MR) is 91.3 cm³/mol. The van der Waals surface area contributed by atoms with E-state index in [9.17, 15) is 4.79 Å². The average molecular weight is 328 g/mol. The molecule has 0 radical (unpaired) electrons. The molecule has 1 fully saturated rings. The van der Waals surface area contributed by atoms with Crippen LogP contribution in [0.15, 0.2) is 36.4 Å². The molecule has 1 saturated heterocycles. The fourth-order valence-electron chi connectivity index (χ4n) is 2.34. The quantitative estimate of drug-likeness (QED) is 0.689. The Hall–Kier alpha value is -2.67. The molecule has 0 unspecified atom stereocenters. The number of benzene rings is 1. The van der Waals surface area contributed by atoms with Gasteiger partial charge in [0.25, 0.3) is 5.91 Å². The Morgan fingerprint density at radius 1 is 1.39 bits per heavy atom. The van der Waals surface area contributed by atoms with E-state index in [1.54, 1.807) is 26.6 Å². The minimum Gasteiger partial charge on any atom is -0.495 e. The maximum Gasteiger partial charge on any atom is 0.276 e. The monoisotopic (exact) mass is 328 g/mol. The number of aryl methyl sites for hydroxylation is 1. The second-order valence-electron chi connectivity index (χ2n) is 5.21. The van der Waals surface area contributed by atoms with Crippen molar-refractivity contribution in [3.8, 4) is 11.4 Å². The van der Waals surface area contributed by atoms with E-state index in [0.717, 1.165) is 16.9 Å². The molecule has 23 heavy (non-hydrogen) atoms. The van der Waals surface area contributed by atoms with Gasteiger partial charge < -0.3 is 14.6 Å². The van der Waals surface area contributed by atoms with Crippen molar-refractivity contribution in [2.45, 2.75) is 6.92 Å². The molecule has 1 aromatic carbocycles. The summed E-state index contributed by atoms with van der Waals surface area (Å²) in [5.41, 5.74) is 3.10. The molecule has 0 atom stereocenters. The SMILES string of the molecule is COc1cc(/C=C2\NC(=S)N(C)C2=O)ccc1-n1cnc(C)c1. The number of hydrogen-bond acceptors (Lipinski definition) is 4. The second-order valence-corrected chi connectivity index (χ2v) is 5.59. The van der Waals surface area contributed by atoms with Crippen molar-refractivity contribution in [2.75, 3.05) is 14.2 Å². The highest BCUT2D eigenvalue weighted by atomic mass is 32.1. The van der Waals surface area contributed by atoms with Crippen LogP contribution in [0.4, 0.5) is 0 Å². The molecule has 1 aliphatic heterocycles. The topological polar surface area (TPSA) is 59.4 Å². The fraction of sp³-hybridized carbons (Fsp3) is 0.188. The first-order chi connectivity index (χ1) is 11.0. The molecule has 1 aromatic heterocycles. The average Bonchev–Trinajstić information content (AvgIpc) is 3.07. The largest absolute Gasteiger partial charge is 0.495 e. The van der Waals surface area contributed by atoms with Crippen LogP contribution in [0.1, 0.15) is 11.3 Å². The molecule has 0 saturated carbocycles. The van der Waals surface area contributed by atoms with E-state index in [-0.39, 0.29) is 5.91 Å². The Morgan fingerprint density at radius 2 is 2.17 bits per heavy atom. The third-order valence-electron chi connectivity index (χ3n) is 3.59. The van der Waals surface area contributed by atoms with Crippen molar-refractivity contribution in [3.05, 3.63) is 47.7 Å². The van der Waals surface area contributed by atoms with E-state index in [0.29, 0.717) is 16.6 Å². The maximum atomic E-state index is 12.0. The molecule has 1 N–H and O–H groups in total. The lowest BCUT2D eigenvalue weighted by Gasteiger charge is -2.10. The first-order valence-electron chi connectivity index (χ1n) is 6.99. The minimum absolute atomic E-state index is 0.150. The number of imidazole rings is 1. The van der Waals surface area contributed by atoms with Crippen LogP contribution in [0.25, 0.3) is 11.8 Å². The van der Waals surface area contributed by atoms with Crippen molar-refractivity contribution < 1.29 is 9.53 Å². The molecule has 7 heteroatoms. The summed E-state index contributed by atoms with van der Waals surface area (Å²) < 4.78 is 7.36. The Morgan fingerprint density at radius 3 is 2.74 bits per heavy atom. The molecule has 0 aliphatic carbocycles. The van der Waals surface area contributed by atoms with E-state index in [1.807, 2.05) is 35.9 Å². The van der Waals surface area contributed by atoms with E-state index >= 15 is 0 Å². The van der Waals surface area contributed by atoms with Gasteiger partial charge in [-0.1, -0.05) is 6.07 Å². The number of likely N-dealkylation sites (N-methyl/N-ethyl adjacent to an activating group) is 1. The Bertz CT molecular complexity index is 825. The number of amides is 1. The Balaban J connectivity index is 1.97. The standard InChI is InChI=1S/C16H16N4O2S/c1-10-8-20(9-17-10)13-5-4-11(7-14(13)22-3)6-12-15(21)19(2)16(23)18-12/h4-9H,1-3H3,(H,18,23)/b12-6-. The summed E-state index contributed by atoms with van der Waals surface area (Å²) in [5.74, 6) is 0.543. The summed E-state index contributed by atoms with van der Waals surface area (Å²) in [5, 5.41) is 3.30. The highest BCUT2D eigenvalue weighted by Crippen LogP contribution is 2.26. The van der Waals surface area contributed by atoms with Gasteiger partial charge in [0.15, 0.2) is 5.11 Å². The van der Waals surface area contributed by atoms with Gasteiger partial charge in [-0.2, -0.15) is 0 Å². The summed E-state index contributed by atoms with van der Waals surface area (Å²) in [7, 11) is 3.25. The molecule has 0 bridgehead atoms. The number of carbonyl (C=O) groups excluding carboxylic acids is 1. The maximum absolute atomic E-state index is 12.0. The molecular weight excluding hydrogens is 312 g/mol. The molecule has 2 heterocycles. The highest BCUT2D eigenvalue weighted by molar-refractivity contribution is 7.80. The smallest absolute Gasteiger partial charge is 0.276 e. The molecule has 118 valence electrons. The molecule has 6 nitrogen and oxygen atoms in total. The highest BCUT2D eigenvalue weighted by Gasteiger charge is 2.26. The summed E-state index contributed by atoms with van der Waals surface area (Å²) in [6.45, 7) is 1.93. The minimum atomic E-state index is -0.150. The molecule has 1 aliphatic rings. The van der Waals surface area contributed by atoms with Crippen molar-refractivity contribution in [1.29, 1.82) is 0 Å². The van der Waals surface area contributed by atoms with E-state index in [1.165, 1.54) is 4.90 Å². The normalized spacial score (nSPS) is 16.1. The van der Waals surface area contributed by atoms with E-state index in [2.05, 4.69) is 10.3 Å². The zero-order valence-electron chi connectivity index (χ0n) is 13.0. The summed E-state index contributed by atoms with van der Waals surface area (Å²) >= 11 is 5.07. The number of hydrogen-bond donors (Lipinski definition) is 1. The number of methoxy groups -OCH3 is 1. The van der Waals surface area contributed by atoms with Gasteiger partial charge in [-0.15, -0.1) is 0 Å². The van der Waals surface area contributed by atoms with Crippen LogP contribution in [0, 0.1) is 6.92 Å². The Labute approximate surface area is 139 Å². The van der Waals surface area contributed by atoms with Crippen LogP contribution in [-0.2, 0) is 4.79 Å². The van der Waals surface area contributed by atoms with Crippen LogP contribution >= 0.6 is 12.2 Å². The van der Waals surface area contributed by atoms with Crippen LogP contribution in [0.3, 0.4) is 0 Å². The lowest BCUT2D eigenvalue weighted by molar-refractivity contribution is -0.121. The number of thiocarbonyl (C=S) groups is 1. The van der Waals surface area contributed by atoms with Gasteiger partial charge >= 0.3 is 0 Å². The van der Waals surface area contributed by atoms with Gasteiger partial charge in [-0.25, -0.2) is 4.98 Å². The predicted octanol–water partition coefficient (Wildman–Crippen LogP) is 1.88. The van der Waals surface area contributed by atoms with Crippen molar-refractivity contribution in [3.63, 3.8) is 0 Å². The summed E-state index contributed by atoms with van der Waals surface area (Å²) in [6.07, 6.45) is 5.41. The first-order valence-corrected chi connectivity index (χ1v) is 7.40. The number of ether oxygens (including phenoxy) is 1. The lowest BCUT2D eigenvalue weighted by atomic mass is 10.1. The zero-order chi connectivity index (χ0) is 16.6. The third kappa shape index (κ3) is 2.83. The van der Waals surface area contributed by atoms with Gasteiger partial charge in [0.1, 0.15) is 11.4 Å². The molecule has 3 rings (SSSR count). The number of aromatic nitrogens is 2. The van der Waals surface area contributed by atoms with Crippen LogP contribution in [0.5, 0.6) is 5.75 Å². The first kappa shape index (κ1) is 15.2. The Kier molecular flexibility index (Phi) is 3.87. The van der Waals surface area contributed by atoms with Crippen LogP contribution < -0.4 is 10.1 Å². The number of carbonyl (C=O) groups is 1. The second kappa shape index (κ2) is 5.85. The van der Waals surface area contributed by atoms with E-state index in [4.69, 9.17) is 17.0 Å². The number of nitrogens with one attached hydrogen (secondary N) is 1. The fourth-order valence-corrected chi connectivity index (χ4v) is 2.53. The van der Waals surface area contributed by atoms with Crippen molar-refractivity contribution >= 4 is 29.3 Å². The summed E-state index contributed by atoms with van der Waals surface area (Å²) in [6, 6.07) is 5.71. The van der Waals surface area contributed by atoms with Crippen LogP contribution in [-0.4, -0.2) is 39.6 Å². The van der Waals surface area contributed by atoms with Gasteiger partial charge in [-0.3, -0.25) is 9.69 Å². The molecule has 2 aromatic rings. The van der Waals surface area contributed by atoms with Gasteiger partial charge in [0, 0.05) is 13.2 Å². The third-order valence-corrected chi connectivity index (χ3v) is 3.96. The van der Waals surface area contributed by atoms with Crippen molar-refractivity contribution in [2.24, 2.45) is 0 Å². The van der Waals surface area contributed by atoms with Gasteiger partial charge in [0.2, 0.25) is 0 Å². The van der Waals surface area contributed by atoms with E-state index < -0.39 is 0 Å². The summed E-state index contributed by atoms with van der Waals surface area (Å²) in [4.78, 5) is 17.7. The molecular formula is C16H16N4O2S. The van der Waals surface area contributed by atoms with Crippen LogP contribution in [0.2, 0.25) is 0 Å². The zero-order valence-corrected chi connectivity index (χ0v) is 13.8. The van der Waals surface area contributed by atoms with Crippen molar-refractivity contribution in [1.82, 2.24) is 19.8 Å². The molecule has 0 spiro atoms. The number of rotatable bonds is 3. The van der Waals surface area contributed by atoms with Gasteiger partial charge in [0.05, 0.1) is 24.8 Å². The number of nitrogens with zero attached hydrogens (tertiary/aromatic N) is 3. The molecule has 1 amide bonds. The van der Waals surface area contributed by atoms with Gasteiger partial charge in [-0.05, 0) is 42.9 Å².